The maximum Gasteiger partial charge on any atom is 0.408 e. The number of nitrogens with one attached hydrogen (secondary N) is 2. The van der Waals surface area contributed by atoms with Crippen molar-refractivity contribution < 1.29 is 33.8 Å². The van der Waals surface area contributed by atoms with Gasteiger partial charge < -0.3 is 30.1 Å². The number of hydrogen-bond donors (Lipinski definition) is 3. The lowest BCUT2D eigenvalue weighted by Crippen LogP contribution is -2.56. The number of tetrazole rings is 1. The molecule has 47 heavy (non-hydrogen) atoms. The molecule has 1 saturated carbocycles. The number of carboxylic acid groups (broad SMARTS) is 1. The number of benzene rings is 1. The van der Waals surface area contributed by atoms with Crippen molar-refractivity contribution >= 4 is 39.8 Å². The molecule has 5 atom stereocenters. The zero-order valence-electron chi connectivity index (χ0n) is 27.1. The largest absolute Gasteiger partial charge is 0.493 e. The van der Waals surface area contributed by atoms with Crippen LogP contribution >= 0.6 is 15.9 Å². The van der Waals surface area contributed by atoms with E-state index in [0.29, 0.717) is 36.6 Å². The van der Waals surface area contributed by atoms with Gasteiger partial charge >= 0.3 is 12.1 Å². The summed E-state index contributed by atoms with van der Waals surface area (Å²) in [5, 5.41) is 28.7. The molecule has 1 aromatic carbocycles. The van der Waals surface area contributed by atoms with Crippen LogP contribution in [0.2, 0.25) is 0 Å². The third-order valence-corrected chi connectivity index (χ3v) is 9.19. The molecule has 15 heteroatoms. The van der Waals surface area contributed by atoms with Crippen LogP contribution in [0.1, 0.15) is 78.7 Å². The van der Waals surface area contributed by atoms with Gasteiger partial charge in [0.15, 0.2) is 0 Å². The number of amides is 3. The quantitative estimate of drug-likeness (QED) is 0.370. The summed E-state index contributed by atoms with van der Waals surface area (Å²) in [7, 11) is 0. The normalized spacial score (nSPS) is 27.4. The molecule has 254 valence electrons. The van der Waals surface area contributed by atoms with Crippen LogP contribution in [-0.4, -0.2) is 90.5 Å². The van der Waals surface area contributed by atoms with Crippen LogP contribution in [0.15, 0.2) is 34.8 Å². The number of halogens is 1. The number of fused-ring (bicyclic) bond motifs is 2. The van der Waals surface area contributed by atoms with Crippen LogP contribution in [0.25, 0.3) is 11.4 Å². The van der Waals surface area contributed by atoms with Crippen LogP contribution in [-0.2, 0) is 19.1 Å². The van der Waals surface area contributed by atoms with Crippen molar-refractivity contribution in [2.75, 3.05) is 13.2 Å². The molecule has 1 saturated heterocycles. The van der Waals surface area contributed by atoms with Crippen molar-refractivity contribution in [2.45, 2.75) is 102 Å². The third kappa shape index (κ3) is 7.94. The summed E-state index contributed by atoms with van der Waals surface area (Å²) in [5.41, 5.74) is -1.53. The monoisotopic (exact) mass is 715 g/mol. The van der Waals surface area contributed by atoms with E-state index in [4.69, 9.17) is 9.47 Å². The minimum absolute atomic E-state index is 0.0512. The standard InChI is InChI=1S/C32H42BrN7O7/c1-5-46-25-14-13-19(15-22(25)33)26-36-38-40(37-26)21-16-24-27(41)35-32(29(43)44)17-20(32)11-9-7-6-8-10-12-23(28(42)39(24)18-21)34-30(45)47-31(2,3)4/h9,11,13-15,20-21,23-24H,5-8,10,12,16-18H2,1-4H3,(H,34,45)(H,35,41)(H,43,44)/b11-9-/t20?,21-,23?,24?,32?/m1/s1. The van der Waals surface area contributed by atoms with E-state index in [0.717, 1.165) is 23.7 Å². The van der Waals surface area contributed by atoms with Gasteiger partial charge in [-0.3, -0.25) is 9.59 Å². The summed E-state index contributed by atoms with van der Waals surface area (Å²) in [5.74, 6) is -1.48. The molecule has 3 aliphatic rings. The number of carbonyl (C=O) groups excluding carboxylic acids is 3. The molecule has 14 nitrogen and oxygen atoms in total. The molecule has 3 N–H and O–H groups in total. The highest BCUT2D eigenvalue weighted by Gasteiger charge is 2.61. The fourth-order valence-corrected chi connectivity index (χ4v) is 6.60. The second kappa shape index (κ2) is 14.0. The summed E-state index contributed by atoms with van der Waals surface area (Å²) in [6.07, 6.45) is 6.85. The summed E-state index contributed by atoms with van der Waals surface area (Å²) in [4.78, 5) is 56.1. The molecular formula is C32H42BrN7O7. The zero-order chi connectivity index (χ0) is 33.9. The number of aliphatic carboxylic acids is 1. The predicted molar refractivity (Wildman–Crippen MR) is 173 cm³/mol. The molecule has 0 bridgehead atoms. The molecular weight excluding hydrogens is 674 g/mol. The van der Waals surface area contributed by atoms with Crippen LogP contribution in [0, 0.1) is 5.92 Å². The molecule has 0 spiro atoms. The SMILES string of the molecule is CCOc1ccc(-c2nnn([C@@H]3CC4C(=O)NC5(C(=O)O)CC5/C=C\CCCCCC(NC(=O)OC(C)(C)C)C(=O)N4C3)n2)cc1Br. The second-order valence-electron chi connectivity index (χ2n) is 13.2. The Morgan fingerprint density at radius 3 is 2.70 bits per heavy atom. The van der Waals surface area contributed by atoms with E-state index >= 15 is 0 Å². The molecule has 2 fully saturated rings. The van der Waals surface area contributed by atoms with Gasteiger partial charge in [-0.05, 0) is 92.7 Å². The first-order valence-electron chi connectivity index (χ1n) is 16.1. The smallest absolute Gasteiger partial charge is 0.408 e. The van der Waals surface area contributed by atoms with Crippen LogP contribution in [0.3, 0.4) is 0 Å². The van der Waals surface area contributed by atoms with Crippen LogP contribution < -0.4 is 15.4 Å². The first kappa shape index (κ1) is 34.3. The second-order valence-corrected chi connectivity index (χ2v) is 14.1. The lowest BCUT2D eigenvalue weighted by atomic mass is 10.0. The highest BCUT2D eigenvalue weighted by atomic mass is 79.9. The number of carboxylic acids is 1. The van der Waals surface area contributed by atoms with Crippen molar-refractivity contribution in [1.82, 2.24) is 35.7 Å². The topological polar surface area (TPSA) is 178 Å². The Kier molecular flexibility index (Phi) is 10.2. The molecule has 1 aliphatic carbocycles. The van der Waals surface area contributed by atoms with Gasteiger partial charge in [0, 0.05) is 24.4 Å². The Morgan fingerprint density at radius 1 is 1.21 bits per heavy atom. The van der Waals surface area contributed by atoms with Gasteiger partial charge in [0.2, 0.25) is 17.6 Å². The van der Waals surface area contributed by atoms with E-state index in [1.54, 1.807) is 26.8 Å². The lowest BCUT2D eigenvalue weighted by molar-refractivity contribution is -0.145. The number of nitrogens with zero attached hydrogens (tertiary/aromatic N) is 5. The predicted octanol–water partition coefficient (Wildman–Crippen LogP) is 4.02. The number of hydrogen-bond acceptors (Lipinski definition) is 9. The molecule has 5 rings (SSSR count). The Morgan fingerprint density at radius 2 is 2.00 bits per heavy atom. The fourth-order valence-electron chi connectivity index (χ4n) is 6.10. The van der Waals surface area contributed by atoms with Crippen LogP contribution in [0.4, 0.5) is 4.79 Å². The Balaban J connectivity index is 1.44. The molecule has 0 radical (unpaired) electrons. The van der Waals surface area contributed by atoms with E-state index in [1.165, 1.54) is 9.70 Å². The Hall–Kier alpha value is -4.01. The average molecular weight is 717 g/mol. The van der Waals surface area contributed by atoms with E-state index in [-0.39, 0.29) is 25.3 Å². The van der Waals surface area contributed by atoms with Crippen LogP contribution in [0.5, 0.6) is 5.75 Å². The minimum atomic E-state index is -1.44. The number of aromatic nitrogens is 4. The third-order valence-electron chi connectivity index (χ3n) is 8.57. The average Bonchev–Trinajstić information content (AvgIpc) is 3.32. The van der Waals surface area contributed by atoms with Crippen molar-refractivity contribution in [3.05, 3.63) is 34.8 Å². The van der Waals surface area contributed by atoms with Gasteiger partial charge in [-0.25, -0.2) is 9.59 Å². The van der Waals surface area contributed by atoms with Gasteiger partial charge in [-0.15, -0.1) is 10.2 Å². The van der Waals surface area contributed by atoms with Crippen molar-refractivity contribution in [2.24, 2.45) is 5.92 Å². The maximum atomic E-state index is 14.2. The van der Waals surface area contributed by atoms with E-state index < -0.39 is 53.1 Å². The zero-order valence-corrected chi connectivity index (χ0v) is 28.7. The van der Waals surface area contributed by atoms with E-state index in [2.05, 4.69) is 42.0 Å². The molecule has 1 aromatic heterocycles. The van der Waals surface area contributed by atoms with Gasteiger partial charge in [-0.2, -0.15) is 4.80 Å². The maximum absolute atomic E-state index is 14.2. The highest BCUT2D eigenvalue weighted by Crippen LogP contribution is 2.45. The first-order valence-corrected chi connectivity index (χ1v) is 16.8. The molecule has 3 amide bonds. The van der Waals surface area contributed by atoms with Crippen molar-refractivity contribution in [3.8, 4) is 17.1 Å². The number of carbonyl (C=O) groups is 4. The minimum Gasteiger partial charge on any atom is -0.493 e. The summed E-state index contributed by atoms with van der Waals surface area (Å²) in [6, 6.07) is 2.90. The molecule has 2 aliphatic heterocycles. The Labute approximate surface area is 281 Å². The van der Waals surface area contributed by atoms with Crippen molar-refractivity contribution in [1.29, 1.82) is 0 Å². The van der Waals surface area contributed by atoms with Gasteiger partial charge in [0.25, 0.3) is 0 Å². The fraction of sp³-hybridized carbons (Fsp3) is 0.594. The van der Waals surface area contributed by atoms with Crippen molar-refractivity contribution in [3.63, 3.8) is 0 Å². The highest BCUT2D eigenvalue weighted by molar-refractivity contribution is 9.10. The lowest BCUT2D eigenvalue weighted by Gasteiger charge is -2.30. The molecule has 4 unspecified atom stereocenters. The number of ether oxygens (including phenoxy) is 2. The van der Waals surface area contributed by atoms with E-state index in [1.807, 2.05) is 31.2 Å². The molecule has 2 aromatic rings. The first-order chi connectivity index (χ1) is 22.3. The summed E-state index contributed by atoms with van der Waals surface area (Å²) < 4.78 is 11.8. The molecule has 3 heterocycles. The van der Waals surface area contributed by atoms with Gasteiger partial charge in [0.1, 0.15) is 29.0 Å². The van der Waals surface area contributed by atoms with Gasteiger partial charge in [0.05, 0.1) is 17.1 Å². The summed E-state index contributed by atoms with van der Waals surface area (Å²) >= 11 is 3.51. The van der Waals surface area contributed by atoms with E-state index in [9.17, 15) is 24.3 Å². The van der Waals surface area contributed by atoms with Gasteiger partial charge in [-0.1, -0.05) is 25.0 Å². The number of allylic oxidation sites excluding steroid dienone is 1. The number of alkyl carbamates (subject to hydrolysis) is 1. The number of rotatable bonds is 6. The Bertz CT molecular complexity index is 1540. The summed E-state index contributed by atoms with van der Waals surface area (Å²) in [6.45, 7) is 7.66.